The molecule has 0 radical (unpaired) electrons. The second-order valence-corrected chi connectivity index (χ2v) is 4.73. The molecule has 0 aromatic carbocycles. The van der Waals surface area contributed by atoms with Gasteiger partial charge in [-0.2, -0.15) is 0 Å². The summed E-state index contributed by atoms with van der Waals surface area (Å²) in [6.45, 7) is 3.26. The van der Waals surface area contributed by atoms with Crippen molar-refractivity contribution in [3.8, 4) is 0 Å². The molecule has 1 N–H and O–H groups in total. The van der Waals surface area contributed by atoms with Crippen molar-refractivity contribution in [2.75, 3.05) is 31.8 Å². The van der Waals surface area contributed by atoms with Crippen LogP contribution in [-0.2, 0) is 20.9 Å². The smallest absolute Gasteiger partial charge is 0.316 e. The molecule has 0 spiro atoms. The Labute approximate surface area is 117 Å². The number of rotatable bonds is 8. The Hall–Kier alpha value is -1.34. The number of carbonyl (C=O) groups excluding carboxylic acids is 1. The summed E-state index contributed by atoms with van der Waals surface area (Å²) in [5.74, 6) is 1.29. The van der Waals surface area contributed by atoms with Crippen LogP contribution in [-0.4, -0.2) is 42.5 Å². The molecule has 0 bridgehead atoms. The van der Waals surface area contributed by atoms with Crippen LogP contribution in [0.1, 0.15) is 19.2 Å². The Kier molecular flexibility index (Phi) is 7.20. The predicted octanol–water partition coefficient (Wildman–Crippen LogP) is 1.71. The lowest BCUT2D eigenvalue weighted by Crippen LogP contribution is -2.08. The number of anilines is 1. The van der Waals surface area contributed by atoms with E-state index in [1.54, 1.807) is 7.11 Å². The molecule has 0 atom stereocenters. The minimum Gasteiger partial charge on any atom is -0.468 e. The average molecular weight is 285 g/mol. The van der Waals surface area contributed by atoms with Crippen LogP contribution in [0, 0.1) is 0 Å². The molecular formula is C12H19N3O3S. The second kappa shape index (κ2) is 8.71. The van der Waals surface area contributed by atoms with Gasteiger partial charge in [-0.25, -0.2) is 9.97 Å². The Bertz CT molecular complexity index is 415. The quantitative estimate of drug-likeness (QED) is 0.443. The van der Waals surface area contributed by atoms with E-state index in [0.717, 1.165) is 23.8 Å². The molecule has 0 saturated carbocycles. The highest BCUT2D eigenvalue weighted by atomic mass is 32.2. The van der Waals surface area contributed by atoms with E-state index in [4.69, 9.17) is 4.74 Å². The second-order valence-electron chi connectivity index (χ2n) is 3.73. The molecule has 0 aliphatic carbocycles. The van der Waals surface area contributed by atoms with E-state index in [2.05, 4.69) is 26.9 Å². The van der Waals surface area contributed by atoms with Gasteiger partial charge in [0.05, 0.1) is 12.9 Å². The van der Waals surface area contributed by atoms with Crippen LogP contribution in [0.5, 0.6) is 0 Å². The lowest BCUT2D eigenvalue weighted by molar-refractivity contribution is -0.137. The van der Waals surface area contributed by atoms with E-state index in [0.29, 0.717) is 12.4 Å². The zero-order valence-electron chi connectivity index (χ0n) is 11.4. The lowest BCUT2D eigenvalue weighted by Gasteiger charge is -2.08. The first-order valence-corrected chi connectivity index (χ1v) is 6.98. The SMILES string of the molecule is CCCNc1cc(SCC(=O)OC)nc(COC)n1. The fourth-order valence-electron chi connectivity index (χ4n) is 1.28. The zero-order chi connectivity index (χ0) is 14.1. The van der Waals surface area contributed by atoms with Gasteiger partial charge in [0.1, 0.15) is 17.5 Å². The molecule has 1 aromatic rings. The predicted molar refractivity (Wildman–Crippen MR) is 74.3 cm³/mol. The third kappa shape index (κ3) is 5.89. The van der Waals surface area contributed by atoms with Gasteiger partial charge in [0.25, 0.3) is 0 Å². The summed E-state index contributed by atoms with van der Waals surface area (Å²) in [5.41, 5.74) is 0. The molecule has 0 saturated heterocycles. The van der Waals surface area contributed by atoms with Gasteiger partial charge in [-0.15, -0.1) is 0 Å². The van der Waals surface area contributed by atoms with Gasteiger partial charge >= 0.3 is 5.97 Å². The van der Waals surface area contributed by atoms with Gasteiger partial charge in [0.15, 0.2) is 5.82 Å². The number of esters is 1. The molecule has 0 fully saturated rings. The Morgan fingerprint density at radius 3 is 2.84 bits per heavy atom. The molecule has 6 nitrogen and oxygen atoms in total. The number of thioether (sulfide) groups is 1. The summed E-state index contributed by atoms with van der Waals surface area (Å²) in [7, 11) is 2.96. The monoisotopic (exact) mass is 285 g/mol. The first-order valence-electron chi connectivity index (χ1n) is 6.00. The summed E-state index contributed by atoms with van der Waals surface area (Å²) < 4.78 is 9.64. The standard InChI is InChI=1S/C12H19N3O3S/c1-4-5-13-9-6-11(19-8-12(16)18-3)15-10(14-9)7-17-2/h6H,4-5,7-8H2,1-3H3,(H,13,14,15). The summed E-state index contributed by atoms with van der Waals surface area (Å²) in [4.78, 5) is 19.8. The fourth-order valence-corrected chi connectivity index (χ4v) is 2.02. The van der Waals surface area contributed by atoms with E-state index >= 15 is 0 Å². The van der Waals surface area contributed by atoms with Crippen molar-refractivity contribution in [2.45, 2.75) is 25.0 Å². The minimum absolute atomic E-state index is 0.229. The van der Waals surface area contributed by atoms with Gasteiger partial charge in [0.2, 0.25) is 0 Å². The maximum atomic E-state index is 11.1. The normalized spacial score (nSPS) is 10.3. The van der Waals surface area contributed by atoms with E-state index in [1.807, 2.05) is 6.07 Å². The average Bonchev–Trinajstić information content (AvgIpc) is 2.42. The van der Waals surface area contributed by atoms with E-state index in [-0.39, 0.29) is 11.7 Å². The molecule has 0 unspecified atom stereocenters. The van der Waals surface area contributed by atoms with Gasteiger partial charge in [-0.3, -0.25) is 4.79 Å². The van der Waals surface area contributed by atoms with Crippen LogP contribution in [0.2, 0.25) is 0 Å². The number of nitrogens with zero attached hydrogens (tertiary/aromatic N) is 2. The summed E-state index contributed by atoms with van der Waals surface area (Å²) in [6.07, 6.45) is 1.01. The molecule has 7 heteroatoms. The third-order valence-electron chi connectivity index (χ3n) is 2.14. The van der Waals surface area contributed by atoms with Crippen LogP contribution in [0.15, 0.2) is 11.1 Å². The van der Waals surface area contributed by atoms with E-state index in [1.165, 1.54) is 18.9 Å². The Balaban J connectivity index is 2.76. The molecule has 0 amide bonds. The first-order chi connectivity index (χ1) is 9.19. The molecular weight excluding hydrogens is 266 g/mol. The van der Waals surface area contributed by atoms with Gasteiger partial charge in [-0.05, 0) is 6.42 Å². The van der Waals surface area contributed by atoms with Crippen LogP contribution in [0.4, 0.5) is 5.82 Å². The van der Waals surface area contributed by atoms with Gasteiger partial charge < -0.3 is 14.8 Å². The highest BCUT2D eigenvalue weighted by Crippen LogP contribution is 2.19. The number of ether oxygens (including phenoxy) is 2. The Morgan fingerprint density at radius 1 is 1.42 bits per heavy atom. The lowest BCUT2D eigenvalue weighted by atomic mass is 10.4. The van der Waals surface area contributed by atoms with Crippen molar-refractivity contribution in [1.29, 1.82) is 0 Å². The number of carbonyl (C=O) groups is 1. The largest absolute Gasteiger partial charge is 0.468 e. The summed E-state index contributed by atoms with van der Waals surface area (Å²) in [6, 6.07) is 1.82. The highest BCUT2D eigenvalue weighted by molar-refractivity contribution is 7.99. The first kappa shape index (κ1) is 15.7. The van der Waals surface area contributed by atoms with Crippen LogP contribution < -0.4 is 5.32 Å². The molecule has 0 aliphatic heterocycles. The van der Waals surface area contributed by atoms with Crippen molar-refractivity contribution >= 4 is 23.5 Å². The molecule has 106 valence electrons. The van der Waals surface area contributed by atoms with Crippen molar-refractivity contribution in [3.05, 3.63) is 11.9 Å². The van der Waals surface area contributed by atoms with Crippen LogP contribution in [0.25, 0.3) is 0 Å². The van der Waals surface area contributed by atoms with Gasteiger partial charge in [0, 0.05) is 19.7 Å². The third-order valence-corrected chi connectivity index (χ3v) is 3.03. The fraction of sp³-hybridized carbons (Fsp3) is 0.583. The Morgan fingerprint density at radius 2 is 2.21 bits per heavy atom. The van der Waals surface area contributed by atoms with Crippen molar-refractivity contribution in [3.63, 3.8) is 0 Å². The molecule has 1 heterocycles. The van der Waals surface area contributed by atoms with E-state index in [9.17, 15) is 4.79 Å². The maximum absolute atomic E-state index is 11.1. The molecule has 1 rings (SSSR count). The molecule has 0 aliphatic rings. The van der Waals surface area contributed by atoms with Crippen LogP contribution in [0.3, 0.4) is 0 Å². The summed E-state index contributed by atoms with van der Waals surface area (Å²) >= 11 is 1.32. The molecule has 19 heavy (non-hydrogen) atoms. The summed E-state index contributed by atoms with van der Waals surface area (Å²) in [5, 5.41) is 3.93. The van der Waals surface area contributed by atoms with Crippen molar-refractivity contribution in [1.82, 2.24) is 9.97 Å². The van der Waals surface area contributed by atoms with Crippen molar-refractivity contribution < 1.29 is 14.3 Å². The van der Waals surface area contributed by atoms with E-state index < -0.39 is 0 Å². The maximum Gasteiger partial charge on any atom is 0.316 e. The number of methoxy groups -OCH3 is 2. The highest BCUT2D eigenvalue weighted by Gasteiger charge is 2.08. The van der Waals surface area contributed by atoms with Crippen LogP contribution >= 0.6 is 11.8 Å². The minimum atomic E-state index is -0.278. The molecule has 1 aromatic heterocycles. The number of hydrogen-bond acceptors (Lipinski definition) is 7. The van der Waals surface area contributed by atoms with Gasteiger partial charge in [-0.1, -0.05) is 18.7 Å². The van der Waals surface area contributed by atoms with Crippen molar-refractivity contribution in [2.24, 2.45) is 0 Å². The zero-order valence-corrected chi connectivity index (χ0v) is 12.2. The topological polar surface area (TPSA) is 73.3 Å². The number of aromatic nitrogens is 2. The number of nitrogens with one attached hydrogen (secondary N) is 1. The number of hydrogen-bond donors (Lipinski definition) is 1.